The third-order valence-electron chi connectivity index (χ3n) is 8.23. The van der Waals surface area contributed by atoms with Gasteiger partial charge in [0.25, 0.3) is 5.60 Å². The van der Waals surface area contributed by atoms with Gasteiger partial charge in [-0.1, -0.05) is 11.8 Å². The number of rotatable bonds is 4. The maximum Gasteiger partial charge on any atom is 0.351 e. The molecular formula is C30H26O18. The summed E-state index contributed by atoms with van der Waals surface area (Å²) in [7, 11) is 0. The number of carbonyl (C=O) groups is 2. The van der Waals surface area contributed by atoms with Gasteiger partial charge in [0.15, 0.2) is 16.9 Å². The van der Waals surface area contributed by atoms with Crippen LogP contribution in [-0.4, -0.2) is 123 Å². The van der Waals surface area contributed by atoms with Crippen LogP contribution in [0.2, 0.25) is 0 Å². The molecule has 10 N–H and O–H groups in total. The number of phenolic OH excluding ortho intramolecular Hbond substituents is 3. The minimum absolute atomic E-state index is 0.110. The number of aliphatic carboxylic acids is 1. The van der Waals surface area contributed by atoms with Gasteiger partial charge in [-0.3, -0.25) is 4.79 Å². The molecule has 4 heterocycles. The van der Waals surface area contributed by atoms with Crippen LogP contribution in [0.3, 0.4) is 0 Å². The van der Waals surface area contributed by atoms with Gasteiger partial charge < -0.3 is 74.4 Å². The summed E-state index contributed by atoms with van der Waals surface area (Å²) < 4.78 is 27.2. The number of phenols is 3. The number of hydrogen-bond donors (Lipinski definition) is 10. The number of ether oxygens (including phenoxy) is 4. The van der Waals surface area contributed by atoms with Crippen molar-refractivity contribution in [2.75, 3.05) is 0 Å². The third kappa shape index (κ3) is 5.06. The lowest BCUT2D eigenvalue weighted by Crippen LogP contribution is -2.70. The Kier molecular flexibility index (Phi) is 7.98. The second-order valence-corrected chi connectivity index (χ2v) is 11.3. The predicted octanol–water partition coefficient (Wildman–Crippen LogP) is -2.65. The molecule has 2 bridgehead atoms. The predicted molar refractivity (Wildman–Crippen MR) is 151 cm³/mol. The van der Waals surface area contributed by atoms with E-state index in [1.165, 1.54) is 6.07 Å². The fraction of sp³-hybridized carbons (Fsp3) is 0.367. The molecule has 18 heteroatoms. The first kappa shape index (κ1) is 33.0. The van der Waals surface area contributed by atoms with Gasteiger partial charge in [0, 0.05) is 23.8 Å². The zero-order chi connectivity index (χ0) is 34.9. The standard InChI is InChI=1S/C30H26O18/c31-12-3-2-10(6-13(12)32)16-9-15(34)18-14(33)7-11(8-17(18)45-16)44-25-21(37)20(36)24(40)30(48-25)5-1-4-29(27(41)42)23(39)19(35)22(38)26(47-29)46-28(30)43/h2-3,6-9,19-26,31-33,35-40H,5H2,(H,41,42). The first-order valence-corrected chi connectivity index (χ1v) is 14.0. The van der Waals surface area contributed by atoms with Crippen molar-refractivity contribution in [1.29, 1.82) is 0 Å². The molecule has 0 saturated carbocycles. The minimum Gasteiger partial charge on any atom is -0.507 e. The van der Waals surface area contributed by atoms with Crippen molar-refractivity contribution >= 4 is 22.9 Å². The van der Waals surface area contributed by atoms with Crippen molar-refractivity contribution in [3.63, 3.8) is 0 Å². The first-order valence-electron chi connectivity index (χ1n) is 14.0. The number of benzene rings is 2. The molecule has 2 fully saturated rings. The van der Waals surface area contributed by atoms with E-state index in [9.17, 15) is 65.4 Å². The van der Waals surface area contributed by atoms with Gasteiger partial charge >= 0.3 is 11.9 Å². The van der Waals surface area contributed by atoms with E-state index in [-0.39, 0.29) is 28.0 Å². The fourth-order valence-electron chi connectivity index (χ4n) is 5.57. The number of aliphatic hydroxyl groups excluding tert-OH is 6. The lowest BCUT2D eigenvalue weighted by Gasteiger charge is -2.47. The summed E-state index contributed by atoms with van der Waals surface area (Å²) in [6.07, 6.45) is -18.9. The van der Waals surface area contributed by atoms with Crippen LogP contribution in [0.4, 0.5) is 0 Å². The molecule has 3 aliphatic heterocycles. The Bertz CT molecular complexity index is 1930. The van der Waals surface area contributed by atoms with Gasteiger partial charge in [-0.15, -0.1) is 0 Å². The lowest BCUT2D eigenvalue weighted by molar-refractivity contribution is -0.329. The molecule has 0 aliphatic carbocycles. The molecule has 10 atom stereocenters. The van der Waals surface area contributed by atoms with Crippen LogP contribution in [0.25, 0.3) is 22.3 Å². The Labute approximate surface area is 266 Å². The molecule has 2 saturated heterocycles. The molecule has 0 amide bonds. The molecule has 1 spiro atoms. The average Bonchev–Trinajstić information content (AvgIpc) is 3.09. The van der Waals surface area contributed by atoms with Gasteiger partial charge in [0.05, 0.1) is 6.42 Å². The Morgan fingerprint density at radius 3 is 2.23 bits per heavy atom. The Balaban J connectivity index is 1.38. The molecular weight excluding hydrogens is 648 g/mol. The zero-order valence-electron chi connectivity index (χ0n) is 24.0. The van der Waals surface area contributed by atoms with E-state index in [0.29, 0.717) is 0 Å². The van der Waals surface area contributed by atoms with Crippen LogP contribution in [0.15, 0.2) is 45.6 Å². The summed E-state index contributed by atoms with van der Waals surface area (Å²) >= 11 is 0. The van der Waals surface area contributed by atoms with E-state index >= 15 is 0 Å². The quantitative estimate of drug-likeness (QED) is 0.0767. The van der Waals surface area contributed by atoms with Gasteiger partial charge in [-0.05, 0) is 18.2 Å². The van der Waals surface area contributed by atoms with Crippen molar-refractivity contribution in [2.45, 2.75) is 66.8 Å². The van der Waals surface area contributed by atoms with Crippen molar-refractivity contribution in [3.05, 3.63) is 46.6 Å². The maximum atomic E-state index is 13.5. The summed E-state index contributed by atoms with van der Waals surface area (Å²) in [6.45, 7) is 0. The van der Waals surface area contributed by atoms with E-state index in [0.717, 1.165) is 30.3 Å². The zero-order valence-corrected chi connectivity index (χ0v) is 24.0. The molecule has 48 heavy (non-hydrogen) atoms. The molecule has 3 aliphatic rings. The summed E-state index contributed by atoms with van der Waals surface area (Å²) in [5.74, 6) is -1.40. The number of carboxylic acid groups (broad SMARTS) is 1. The van der Waals surface area contributed by atoms with E-state index in [1.54, 1.807) is 0 Å². The van der Waals surface area contributed by atoms with Crippen LogP contribution in [0, 0.1) is 11.8 Å². The maximum absolute atomic E-state index is 13.5. The Morgan fingerprint density at radius 1 is 0.833 bits per heavy atom. The van der Waals surface area contributed by atoms with Crippen molar-refractivity contribution in [1.82, 2.24) is 0 Å². The van der Waals surface area contributed by atoms with Crippen LogP contribution in [0.1, 0.15) is 6.42 Å². The summed E-state index contributed by atoms with van der Waals surface area (Å²) in [5.41, 5.74) is -6.57. The number of fused-ring (bicyclic) bond motifs is 3. The largest absolute Gasteiger partial charge is 0.507 e. The minimum atomic E-state index is -2.92. The highest BCUT2D eigenvalue weighted by atomic mass is 16.8. The molecule has 254 valence electrons. The second-order valence-electron chi connectivity index (χ2n) is 11.3. The van der Waals surface area contributed by atoms with Gasteiger partial charge in [-0.2, -0.15) is 0 Å². The summed E-state index contributed by atoms with van der Waals surface area (Å²) in [4.78, 5) is 38.5. The number of esters is 1. The highest BCUT2D eigenvalue weighted by molar-refractivity contribution is 5.87. The number of carbonyl (C=O) groups excluding carboxylic acids is 1. The van der Waals surface area contributed by atoms with E-state index in [1.807, 2.05) is 0 Å². The van der Waals surface area contributed by atoms with Crippen LogP contribution >= 0.6 is 0 Å². The fourth-order valence-corrected chi connectivity index (χ4v) is 5.57. The number of aliphatic hydroxyl groups is 6. The molecule has 10 unspecified atom stereocenters. The lowest BCUT2D eigenvalue weighted by atomic mass is 9.83. The highest BCUT2D eigenvalue weighted by Crippen LogP contribution is 2.40. The number of carboxylic acids is 1. The van der Waals surface area contributed by atoms with Crippen molar-refractivity contribution in [3.8, 4) is 46.2 Å². The number of hydrogen-bond acceptors (Lipinski definition) is 17. The van der Waals surface area contributed by atoms with Crippen LogP contribution in [0.5, 0.6) is 23.0 Å². The summed E-state index contributed by atoms with van der Waals surface area (Å²) in [6, 6.07) is 6.55. The molecule has 3 aromatic rings. The smallest absolute Gasteiger partial charge is 0.351 e. The molecule has 6 rings (SSSR count). The Morgan fingerprint density at radius 2 is 1.54 bits per heavy atom. The van der Waals surface area contributed by atoms with Gasteiger partial charge in [-0.25, -0.2) is 9.59 Å². The van der Waals surface area contributed by atoms with E-state index in [2.05, 4.69) is 11.8 Å². The number of aromatic hydroxyl groups is 3. The summed E-state index contributed by atoms with van der Waals surface area (Å²) in [5, 5.41) is 103. The normalized spacial score (nSPS) is 34.7. The SMILES string of the molecule is O=C(O)C12C#CCC3(OC(Oc4cc(O)c5c(=O)cc(-c6ccc(O)c(O)c6)oc5c4)C(O)C(O)C3O)C(=O)OC(O1)C(O)C(O)C2O. The van der Waals surface area contributed by atoms with Gasteiger partial charge in [0.1, 0.15) is 64.9 Å². The Hall–Kier alpha value is -4.97. The average molecular weight is 675 g/mol. The van der Waals surface area contributed by atoms with Crippen molar-refractivity contribution < 1.29 is 84.0 Å². The van der Waals surface area contributed by atoms with Crippen LogP contribution in [-0.2, 0) is 23.8 Å². The first-order chi connectivity index (χ1) is 22.6. The van der Waals surface area contributed by atoms with E-state index < -0.39 is 101 Å². The van der Waals surface area contributed by atoms with Gasteiger partial charge in [0.2, 0.25) is 18.2 Å². The second kappa shape index (κ2) is 11.6. The van der Waals surface area contributed by atoms with Crippen LogP contribution < -0.4 is 10.2 Å². The monoisotopic (exact) mass is 674 g/mol. The van der Waals surface area contributed by atoms with Crippen molar-refractivity contribution in [2.24, 2.45) is 0 Å². The highest BCUT2D eigenvalue weighted by Gasteiger charge is 2.64. The topological polar surface area (TPSA) is 304 Å². The molecule has 0 radical (unpaired) electrons. The third-order valence-corrected chi connectivity index (χ3v) is 8.23. The van der Waals surface area contributed by atoms with E-state index in [4.69, 9.17) is 23.4 Å². The molecule has 18 nitrogen and oxygen atoms in total. The molecule has 2 aromatic carbocycles. The molecule has 1 aromatic heterocycles.